The highest BCUT2D eigenvalue weighted by molar-refractivity contribution is 5.85. The van der Waals surface area contributed by atoms with Crippen molar-refractivity contribution < 1.29 is 24.2 Å². The number of ketones is 1. The number of rotatable bonds is 5. The van der Waals surface area contributed by atoms with Crippen molar-refractivity contribution in [1.29, 1.82) is 0 Å². The lowest BCUT2D eigenvalue weighted by Gasteiger charge is -2.70. The fourth-order valence-electron chi connectivity index (χ4n) is 10.2. The second kappa shape index (κ2) is 8.96. The fraction of sp³-hybridized carbons (Fsp3) is 0.833. The van der Waals surface area contributed by atoms with Gasteiger partial charge in [-0.3, -0.25) is 14.4 Å². The molecule has 200 valence electrons. The Hall–Kier alpha value is -1.69. The number of carbonyl (C=O) groups is 3. The molecule has 6 heteroatoms. The zero-order valence-corrected chi connectivity index (χ0v) is 22.8. The molecule has 0 aliphatic heterocycles. The number of allylic oxidation sites excluding steroid dienone is 2. The molecule has 4 saturated carbocycles. The van der Waals surface area contributed by atoms with Gasteiger partial charge in [-0.25, -0.2) is 0 Å². The van der Waals surface area contributed by atoms with Gasteiger partial charge in [0, 0.05) is 35.6 Å². The van der Waals surface area contributed by atoms with Gasteiger partial charge in [0.05, 0.1) is 19.6 Å². The van der Waals surface area contributed by atoms with Gasteiger partial charge in [-0.1, -0.05) is 45.8 Å². The summed E-state index contributed by atoms with van der Waals surface area (Å²) in [5.41, 5.74) is 0.752. The van der Waals surface area contributed by atoms with Crippen molar-refractivity contribution in [3.05, 3.63) is 11.6 Å². The maximum Gasteiger partial charge on any atom is 0.307 e. The van der Waals surface area contributed by atoms with Crippen molar-refractivity contribution in [2.24, 2.45) is 51.8 Å². The van der Waals surface area contributed by atoms with E-state index in [1.165, 1.54) is 12.7 Å². The van der Waals surface area contributed by atoms with E-state index >= 15 is 0 Å². The number of carbonyl (C=O) groups excluding carboxylic acids is 3. The first-order chi connectivity index (χ1) is 17.0. The summed E-state index contributed by atoms with van der Waals surface area (Å²) in [4.78, 5) is 38.7. The van der Waals surface area contributed by atoms with Crippen molar-refractivity contribution in [2.75, 3.05) is 13.7 Å². The van der Waals surface area contributed by atoms with E-state index in [0.29, 0.717) is 37.0 Å². The largest absolute Gasteiger partial charge is 0.469 e. The summed E-state index contributed by atoms with van der Waals surface area (Å²) >= 11 is 0. The topological polar surface area (TPSA) is 92.7 Å². The molecule has 6 nitrogen and oxygen atoms in total. The maximum absolute atomic E-state index is 13.6. The average Bonchev–Trinajstić information content (AvgIpc) is 2.85. The second-order valence-electron chi connectivity index (χ2n) is 13.4. The van der Waals surface area contributed by atoms with Gasteiger partial charge in [-0.05, 0) is 67.6 Å². The van der Waals surface area contributed by atoms with Gasteiger partial charge in [-0.2, -0.15) is 0 Å². The minimum absolute atomic E-state index is 0.0319. The summed E-state index contributed by atoms with van der Waals surface area (Å²) in [5, 5.41) is 14.2. The van der Waals surface area contributed by atoms with Crippen LogP contribution in [0.1, 0.15) is 85.5 Å². The molecule has 0 heterocycles. The van der Waals surface area contributed by atoms with Crippen molar-refractivity contribution >= 4 is 17.7 Å². The lowest BCUT2D eigenvalue weighted by atomic mass is 9.33. The number of aliphatic hydroxyl groups is 1. The molecule has 9 atom stereocenters. The number of methoxy groups -OCH3 is 1. The predicted molar refractivity (Wildman–Crippen MR) is 137 cm³/mol. The number of fused-ring (bicyclic) bond motifs is 1. The number of ether oxygens (including phenoxy) is 1. The van der Waals surface area contributed by atoms with Crippen LogP contribution in [0.25, 0.3) is 0 Å². The third-order valence-electron chi connectivity index (χ3n) is 11.6. The Morgan fingerprint density at radius 3 is 2.61 bits per heavy atom. The molecule has 0 unspecified atom stereocenters. The number of esters is 1. The van der Waals surface area contributed by atoms with Crippen molar-refractivity contribution in [1.82, 2.24) is 5.32 Å². The van der Waals surface area contributed by atoms with E-state index in [1.54, 1.807) is 0 Å². The Balaban J connectivity index is 1.49. The van der Waals surface area contributed by atoms with Crippen LogP contribution >= 0.6 is 0 Å². The molecule has 0 aromatic rings. The third-order valence-corrected chi connectivity index (χ3v) is 11.6. The molecule has 36 heavy (non-hydrogen) atoms. The van der Waals surface area contributed by atoms with Gasteiger partial charge in [0.2, 0.25) is 5.91 Å². The van der Waals surface area contributed by atoms with Crippen LogP contribution in [-0.2, 0) is 19.1 Å². The standard InChI is InChI=1S/C30H45NO5/c1-17(2)19-16-30-13-9-22-28(3,11-6-12-29(22,4)27(35)31-14-10-24(34)36-5)23(30)15-18(19)25-20(32)7-8-21(33)26(25)30/h16-18,20,22-23,25-26,32H,6-15H2,1-5H3,(H,31,35)/t18-,20-,22+,23+,25-,26+,28-,29+,30-/m0/s1. The highest BCUT2D eigenvalue weighted by Gasteiger charge is 2.70. The Kier molecular flexibility index (Phi) is 6.45. The van der Waals surface area contributed by atoms with Crippen LogP contribution in [0.3, 0.4) is 0 Å². The Bertz CT molecular complexity index is 972. The van der Waals surface area contributed by atoms with Crippen molar-refractivity contribution in [3.8, 4) is 0 Å². The third kappa shape index (κ3) is 3.56. The highest BCUT2D eigenvalue weighted by atomic mass is 16.5. The monoisotopic (exact) mass is 499 g/mol. The van der Waals surface area contributed by atoms with Crippen molar-refractivity contribution in [2.45, 2.75) is 91.6 Å². The zero-order valence-electron chi connectivity index (χ0n) is 22.8. The Labute approximate surface area is 216 Å². The molecule has 0 aromatic heterocycles. The number of nitrogens with one attached hydrogen (secondary N) is 1. The number of hydrogen-bond acceptors (Lipinski definition) is 5. The molecular weight excluding hydrogens is 454 g/mol. The van der Waals surface area contributed by atoms with Gasteiger partial charge in [0.25, 0.3) is 0 Å². The normalized spacial score (nSPS) is 45.3. The van der Waals surface area contributed by atoms with E-state index in [1.807, 2.05) is 0 Å². The lowest BCUT2D eigenvalue weighted by molar-refractivity contribution is -0.204. The number of hydrogen-bond donors (Lipinski definition) is 2. The van der Waals surface area contributed by atoms with Crippen molar-refractivity contribution in [3.63, 3.8) is 0 Å². The summed E-state index contributed by atoms with van der Waals surface area (Å²) in [6.07, 6.45) is 9.24. The molecule has 2 N–H and O–H groups in total. The van der Waals surface area contributed by atoms with Crippen LogP contribution in [-0.4, -0.2) is 42.5 Å². The van der Waals surface area contributed by atoms with Gasteiger partial charge < -0.3 is 15.2 Å². The van der Waals surface area contributed by atoms with E-state index in [9.17, 15) is 19.5 Å². The first kappa shape index (κ1) is 25.9. The van der Waals surface area contributed by atoms with Crippen LogP contribution in [0.5, 0.6) is 0 Å². The molecule has 1 amide bonds. The van der Waals surface area contributed by atoms with Gasteiger partial charge >= 0.3 is 5.97 Å². The first-order valence-electron chi connectivity index (χ1n) is 14.3. The number of Topliss-reactive ketones (excluding diaryl/α,β-unsaturated/α-hetero) is 1. The Morgan fingerprint density at radius 1 is 1.17 bits per heavy atom. The molecule has 1 spiro atoms. The van der Waals surface area contributed by atoms with E-state index in [4.69, 9.17) is 4.74 Å². The lowest BCUT2D eigenvalue weighted by Crippen LogP contribution is -2.68. The van der Waals surface area contributed by atoms with Gasteiger partial charge in [0.15, 0.2) is 0 Å². The van der Waals surface area contributed by atoms with E-state index < -0.39 is 5.41 Å². The minimum Gasteiger partial charge on any atom is -0.469 e. The number of aliphatic hydroxyl groups excluding tert-OH is 1. The summed E-state index contributed by atoms with van der Waals surface area (Å²) in [6.45, 7) is 9.36. The first-order valence-corrected chi connectivity index (χ1v) is 14.3. The molecule has 0 radical (unpaired) electrons. The summed E-state index contributed by atoms with van der Waals surface area (Å²) in [5.74, 6) is 1.36. The number of amides is 1. The SMILES string of the molecule is COC(=O)CCNC(=O)[C@]1(C)CCC[C@]2(C)[C@H]3C[C@H]4C(C(C)C)=C[C@]3(CC[C@H]21)[C@@H]1C(=O)CC[C@H](O)[C@@H]14. The Morgan fingerprint density at radius 2 is 1.92 bits per heavy atom. The fourth-order valence-corrected chi connectivity index (χ4v) is 10.2. The molecule has 6 rings (SSSR count). The quantitative estimate of drug-likeness (QED) is 0.431. The molecule has 6 aliphatic rings. The van der Waals surface area contributed by atoms with E-state index in [0.717, 1.165) is 38.5 Å². The van der Waals surface area contributed by atoms with Crippen LogP contribution in [0.15, 0.2) is 11.6 Å². The molecule has 0 saturated heterocycles. The highest BCUT2D eigenvalue weighted by Crippen LogP contribution is 2.74. The summed E-state index contributed by atoms with van der Waals surface area (Å²) in [7, 11) is 1.37. The summed E-state index contributed by atoms with van der Waals surface area (Å²) < 4.78 is 4.74. The van der Waals surface area contributed by atoms with E-state index in [2.05, 4.69) is 39.1 Å². The van der Waals surface area contributed by atoms with Crippen LogP contribution < -0.4 is 5.32 Å². The minimum atomic E-state index is -0.485. The average molecular weight is 500 g/mol. The van der Waals surface area contributed by atoms with Gasteiger partial charge in [-0.15, -0.1) is 0 Å². The van der Waals surface area contributed by atoms with E-state index in [-0.39, 0.29) is 58.9 Å². The zero-order chi connectivity index (χ0) is 26.0. The summed E-state index contributed by atoms with van der Waals surface area (Å²) in [6, 6.07) is 0. The molecule has 4 fully saturated rings. The predicted octanol–water partition coefficient (Wildman–Crippen LogP) is 4.45. The smallest absolute Gasteiger partial charge is 0.307 e. The molecular formula is C30H45NO5. The van der Waals surface area contributed by atoms with Gasteiger partial charge in [0.1, 0.15) is 5.78 Å². The molecule has 0 aromatic carbocycles. The van der Waals surface area contributed by atoms with Crippen LogP contribution in [0.4, 0.5) is 0 Å². The van der Waals surface area contributed by atoms with Crippen LogP contribution in [0, 0.1) is 51.8 Å². The maximum atomic E-state index is 13.6. The second-order valence-corrected chi connectivity index (χ2v) is 13.4. The molecule has 6 aliphatic carbocycles. The van der Waals surface area contributed by atoms with Crippen LogP contribution in [0.2, 0.25) is 0 Å². The molecule has 2 bridgehead atoms.